The summed E-state index contributed by atoms with van der Waals surface area (Å²) in [6.45, 7) is 0. The van der Waals surface area contributed by atoms with Gasteiger partial charge in [0.15, 0.2) is 0 Å². The van der Waals surface area contributed by atoms with Crippen LogP contribution in [0.4, 0.5) is 5.69 Å². The van der Waals surface area contributed by atoms with Gasteiger partial charge in [-0.1, -0.05) is 12.0 Å². The first-order chi connectivity index (χ1) is 9.75. The Kier molecular flexibility index (Phi) is 4.80. The highest BCUT2D eigenvalue weighted by molar-refractivity contribution is 5.50. The summed E-state index contributed by atoms with van der Waals surface area (Å²) < 4.78 is 0. The Morgan fingerprint density at radius 3 is 2.50 bits per heavy atom. The number of aromatic nitrogens is 2. The molecule has 1 aromatic heterocycles. The zero-order valence-corrected chi connectivity index (χ0v) is 11.7. The van der Waals surface area contributed by atoms with Crippen molar-refractivity contribution in [3.8, 4) is 11.8 Å². The average Bonchev–Trinajstić information content (AvgIpc) is 2.59. The number of benzene rings is 1. The predicted octanol–water partition coefficient (Wildman–Crippen LogP) is 3.00. The third-order valence-corrected chi connectivity index (χ3v) is 2.67. The Bertz CT molecular complexity index is 632. The number of hydrogen-bond acceptors (Lipinski definition) is 2. The van der Waals surface area contributed by atoms with E-state index in [1.165, 1.54) is 5.69 Å². The molecule has 0 aliphatic rings. The van der Waals surface area contributed by atoms with Gasteiger partial charge in [0.05, 0.1) is 5.69 Å². The summed E-state index contributed by atoms with van der Waals surface area (Å²) in [4.78, 5) is 9.19. The maximum absolute atomic E-state index is 4.03. The predicted molar refractivity (Wildman–Crippen MR) is 83.0 cm³/mol. The van der Waals surface area contributed by atoms with Gasteiger partial charge in [-0.25, -0.2) is 0 Å². The van der Waals surface area contributed by atoms with Crippen molar-refractivity contribution < 1.29 is 0 Å². The van der Waals surface area contributed by atoms with Crippen LogP contribution in [0.25, 0.3) is 0 Å². The second kappa shape index (κ2) is 7.01. The van der Waals surface area contributed by atoms with Gasteiger partial charge in [-0.2, -0.15) is 0 Å². The van der Waals surface area contributed by atoms with Crippen LogP contribution < -0.4 is 4.90 Å². The van der Waals surface area contributed by atoms with Crippen LogP contribution in [0.2, 0.25) is 0 Å². The maximum atomic E-state index is 4.03. The lowest BCUT2D eigenvalue weighted by Gasteiger charge is -2.11. The fourth-order valence-corrected chi connectivity index (χ4v) is 1.58. The number of nitrogens with zero attached hydrogens (tertiary/aromatic N) is 2. The van der Waals surface area contributed by atoms with Crippen LogP contribution in [0.15, 0.2) is 61.1 Å². The highest BCUT2D eigenvalue weighted by atomic mass is 15.1. The van der Waals surface area contributed by atoms with Gasteiger partial charge in [-0.05, 0) is 42.3 Å². The molecule has 1 aromatic carbocycles. The SMILES string of the molecule is CN(C)c1ccc(C#Cc2ccccncc[nH]2)cc1. The van der Waals surface area contributed by atoms with Crippen molar-refractivity contribution in [2.75, 3.05) is 19.0 Å². The lowest BCUT2D eigenvalue weighted by molar-refractivity contribution is 1.13. The molecule has 0 aliphatic carbocycles. The van der Waals surface area contributed by atoms with Gasteiger partial charge in [0.25, 0.3) is 0 Å². The Hall–Kier alpha value is -2.73. The van der Waals surface area contributed by atoms with Crippen LogP contribution in [0.5, 0.6) is 0 Å². The molecule has 0 saturated carbocycles. The van der Waals surface area contributed by atoms with Gasteiger partial charge in [-0.3, -0.25) is 4.98 Å². The van der Waals surface area contributed by atoms with E-state index < -0.39 is 0 Å². The van der Waals surface area contributed by atoms with Gasteiger partial charge in [0, 0.05) is 43.9 Å². The van der Waals surface area contributed by atoms with E-state index in [1.54, 1.807) is 18.6 Å². The molecule has 0 aliphatic heterocycles. The number of H-pyrrole nitrogens is 1. The first-order valence-electron chi connectivity index (χ1n) is 6.37. The maximum Gasteiger partial charge on any atom is 0.0897 e. The Labute approximate surface area is 119 Å². The standard InChI is InChI=1S/C17H17N3/c1-20(2)17-10-7-15(8-11-17)6-9-16-5-3-4-12-18-13-14-19-16/h3-5,7-8,10-14,19H,1-2H3. The van der Waals surface area contributed by atoms with Crippen molar-refractivity contribution in [1.29, 1.82) is 0 Å². The summed E-state index contributed by atoms with van der Waals surface area (Å²) in [5.74, 6) is 6.25. The second-order valence-electron chi connectivity index (χ2n) is 4.41. The second-order valence-corrected chi connectivity index (χ2v) is 4.41. The summed E-state index contributed by atoms with van der Waals surface area (Å²) in [6, 6.07) is 13.8. The summed E-state index contributed by atoms with van der Waals surface area (Å²) in [7, 11) is 4.04. The van der Waals surface area contributed by atoms with E-state index in [4.69, 9.17) is 0 Å². The van der Waals surface area contributed by atoms with E-state index in [2.05, 4.69) is 38.8 Å². The first-order valence-corrected chi connectivity index (χ1v) is 6.37. The minimum atomic E-state index is 0.833. The number of rotatable bonds is 1. The molecule has 0 fully saturated rings. The number of aromatic amines is 1. The van der Waals surface area contributed by atoms with Crippen molar-refractivity contribution >= 4 is 5.69 Å². The van der Waals surface area contributed by atoms with Gasteiger partial charge < -0.3 is 9.88 Å². The van der Waals surface area contributed by atoms with E-state index in [-0.39, 0.29) is 0 Å². The number of anilines is 1. The largest absolute Gasteiger partial charge is 0.378 e. The number of nitrogens with one attached hydrogen (secondary N) is 1. The highest BCUT2D eigenvalue weighted by Crippen LogP contribution is 2.11. The molecule has 0 bridgehead atoms. The molecule has 0 atom stereocenters. The van der Waals surface area contributed by atoms with Gasteiger partial charge in [0.2, 0.25) is 0 Å². The topological polar surface area (TPSA) is 31.9 Å². The molecule has 0 spiro atoms. The molecule has 20 heavy (non-hydrogen) atoms. The average molecular weight is 263 g/mol. The van der Waals surface area contributed by atoms with Crippen LogP contribution in [-0.2, 0) is 0 Å². The molecule has 100 valence electrons. The molecule has 0 radical (unpaired) electrons. The lowest BCUT2D eigenvalue weighted by atomic mass is 10.2. The van der Waals surface area contributed by atoms with Crippen molar-refractivity contribution in [2.24, 2.45) is 0 Å². The van der Waals surface area contributed by atoms with Gasteiger partial charge in [0.1, 0.15) is 0 Å². The van der Waals surface area contributed by atoms with E-state index in [0.717, 1.165) is 11.3 Å². The quantitative estimate of drug-likeness (QED) is 0.802. The molecule has 1 N–H and O–H groups in total. The highest BCUT2D eigenvalue weighted by Gasteiger charge is 1.93. The minimum Gasteiger partial charge on any atom is -0.378 e. The molecule has 1 heterocycles. The van der Waals surface area contributed by atoms with E-state index in [9.17, 15) is 0 Å². The van der Waals surface area contributed by atoms with Gasteiger partial charge >= 0.3 is 0 Å². The molecule has 3 nitrogen and oxygen atoms in total. The third kappa shape index (κ3) is 4.18. The minimum absolute atomic E-state index is 0.833. The molecule has 3 heteroatoms. The molecule has 0 saturated heterocycles. The van der Waals surface area contributed by atoms with Crippen molar-refractivity contribution in [2.45, 2.75) is 0 Å². The lowest BCUT2D eigenvalue weighted by Crippen LogP contribution is -2.07. The van der Waals surface area contributed by atoms with E-state index in [0.29, 0.717) is 0 Å². The van der Waals surface area contributed by atoms with Gasteiger partial charge in [-0.15, -0.1) is 0 Å². The van der Waals surface area contributed by atoms with Crippen LogP contribution in [0.1, 0.15) is 11.3 Å². The van der Waals surface area contributed by atoms with Crippen LogP contribution >= 0.6 is 0 Å². The smallest absolute Gasteiger partial charge is 0.0897 e. The van der Waals surface area contributed by atoms with E-state index >= 15 is 0 Å². The Morgan fingerprint density at radius 2 is 1.75 bits per heavy atom. The molecule has 0 unspecified atom stereocenters. The molecular formula is C17H17N3. The van der Waals surface area contributed by atoms with E-state index in [1.807, 2.05) is 44.4 Å². The normalized spacial score (nSPS) is 9.10. The zero-order chi connectivity index (χ0) is 14.2. The summed E-state index contributed by atoms with van der Waals surface area (Å²) in [5, 5.41) is 0. The Balaban J connectivity index is 2.25. The fraction of sp³-hybridized carbons (Fsp3) is 0.118. The molecule has 2 aromatic rings. The van der Waals surface area contributed by atoms with Crippen molar-refractivity contribution in [3.63, 3.8) is 0 Å². The number of hydrogen-bond donors (Lipinski definition) is 1. The summed E-state index contributed by atoms with van der Waals surface area (Å²) in [5.41, 5.74) is 2.99. The summed E-state index contributed by atoms with van der Waals surface area (Å²) >= 11 is 0. The van der Waals surface area contributed by atoms with Crippen LogP contribution in [0, 0.1) is 11.8 Å². The third-order valence-electron chi connectivity index (χ3n) is 2.67. The summed E-state index contributed by atoms with van der Waals surface area (Å²) in [6.07, 6.45) is 5.18. The fourth-order valence-electron chi connectivity index (χ4n) is 1.58. The monoisotopic (exact) mass is 263 g/mol. The van der Waals surface area contributed by atoms with Crippen molar-refractivity contribution in [1.82, 2.24) is 9.97 Å². The first kappa shape index (κ1) is 13.7. The van der Waals surface area contributed by atoms with Crippen molar-refractivity contribution in [3.05, 3.63) is 72.3 Å². The Morgan fingerprint density at radius 1 is 0.950 bits per heavy atom. The molecular weight excluding hydrogens is 246 g/mol. The molecule has 0 amide bonds. The zero-order valence-electron chi connectivity index (χ0n) is 11.7. The van der Waals surface area contributed by atoms with Crippen LogP contribution in [0.3, 0.4) is 0 Å². The van der Waals surface area contributed by atoms with Crippen LogP contribution in [-0.4, -0.2) is 24.1 Å². The molecule has 2 rings (SSSR count).